The molecule has 2 aliphatic heterocycles. The highest BCUT2D eigenvalue weighted by Crippen LogP contribution is 2.35. The summed E-state index contributed by atoms with van der Waals surface area (Å²) in [5.74, 6) is -0.865. The van der Waals surface area contributed by atoms with Crippen LogP contribution < -0.4 is 5.73 Å². The number of nitrogen functional groups attached to an aromatic ring is 1. The van der Waals surface area contributed by atoms with E-state index >= 15 is 4.39 Å². The quantitative estimate of drug-likeness (QED) is 0.760. The molecule has 2 aliphatic rings. The highest BCUT2D eigenvalue weighted by molar-refractivity contribution is 5.85. The average Bonchev–Trinajstić information content (AvgIpc) is 2.80. The first-order valence-corrected chi connectivity index (χ1v) is 11.0. The van der Waals surface area contributed by atoms with Crippen LogP contribution in [0.2, 0.25) is 0 Å². The molecule has 4 heterocycles. The molecule has 1 amide bonds. The monoisotopic (exact) mass is 447 g/mol. The minimum Gasteiger partial charge on any atom is -0.384 e. The Hall–Kier alpha value is -2.68. The van der Waals surface area contributed by atoms with Crippen molar-refractivity contribution in [2.24, 2.45) is 5.92 Å². The molecule has 0 radical (unpaired) electrons. The maximum absolute atomic E-state index is 15.5. The molecule has 6 nitrogen and oxygen atoms in total. The first-order chi connectivity index (χ1) is 15.3. The van der Waals surface area contributed by atoms with Crippen molar-refractivity contribution >= 4 is 11.7 Å². The number of hydrogen-bond donors (Lipinski definition) is 1. The Morgan fingerprint density at radius 1 is 1.16 bits per heavy atom. The minimum absolute atomic E-state index is 0.136. The summed E-state index contributed by atoms with van der Waals surface area (Å²) in [5.41, 5.74) is 5.04. The lowest BCUT2D eigenvalue weighted by atomic mass is 9.87. The van der Waals surface area contributed by atoms with Crippen LogP contribution in [0.1, 0.15) is 43.1 Å². The molecule has 32 heavy (non-hydrogen) atoms. The Bertz CT molecular complexity index is 925. The second-order valence-electron chi connectivity index (χ2n) is 8.76. The van der Waals surface area contributed by atoms with Crippen molar-refractivity contribution in [3.8, 4) is 0 Å². The Morgan fingerprint density at radius 3 is 2.50 bits per heavy atom. The topological polar surface area (TPSA) is 75.3 Å². The predicted molar refractivity (Wildman–Crippen MR) is 114 cm³/mol. The van der Waals surface area contributed by atoms with E-state index in [2.05, 4.69) is 14.9 Å². The van der Waals surface area contributed by atoms with Gasteiger partial charge in [0.2, 0.25) is 0 Å². The van der Waals surface area contributed by atoms with Crippen LogP contribution in [0, 0.1) is 11.7 Å². The fraction of sp³-hybridized carbons (Fsp3) is 0.522. The number of pyridine rings is 2. The molecule has 9 heteroatoms. The van der Waals surface area contributed by atoms with E-state index in [1.165, 1.54) is 17.0 Å². The van der Waals surface area contributed by atoms with E-state index in [-0.39, 0.29) is 24.5 Å². The third-order valence-electron chi connectivity index (χ3n) is 6.56. The molecule has 0 aromatic carbocycles. The second-order valence-corrected chi connectivity index (χ2v) is 8.76. The number of amides is 1. The lowest BCUT2D eigenvalue weighted by molar-refractivity contribution is -0.149. The SMILES string of the molecule is Nc1cc(CN2CCC(F)(C(=O)N3CCC(C(F)c4ccc(F)cn4)CC3)CC2)ccn1. The maximum Gasteiger partial charge on any atom is 0.260 e. The van der Waals surface area contributed by atoms with Gasteiger partial charge >= 0.3 is 0 Å². The number of likely N-dealkylation sites (tertiary alicyclic amines) is 2. The van der Waals surface area contributed by atoms with E-state index in [1.54, 1.807) is 12.3 Å². The number of nitrogens with zero attached hydrogens (tertiary/aromatic N) is 4. The summed E-state index contributed by atoms with van der Waals surface area (Å²) in [6.45, 7) is 2.22. The highest BCUT2D eigenvalue weighted by atomic mass is 19.1. The average molecular weight is 448 g/mol. The zero-order valence-corrected chi connectivity index (χ0v) is 17.9. The van der Waals surface area contributed by atoms with Crippen molar-refractivity contribution in [2.75, 3.05) is 31.9 Å². The molecule has 2 fully saturated rings. The van der Waals surface area contributed by atoms with Crippen LogP contribution in [-0.2, 0) is 11.3 Å². The van der Waals surface area contributed by atoms with E-state index in [4.69, 9.17) is 5.73 Å². The number of rotatable bonds is 5. The van der Waals surface area contributed by atoms with Crippen molar-refractivity contribution in [3.05, 3.63) is 53.7 Å². The van der Waals surface area contributed by atoms with Crippen molar-refractivity contribution in [2.45, 2.75) is 44.1 Å². The fourth-order valence-electron chi connectivity index (χ4n) is 4.60. The smallest absolute Gasteiger partial charge is 0.260 e. The van der Waals surface area contributed by atoms with Crippen molar-refractivity contribution in [1.29, 1.82) is 0 Å². The number of hydrogen-bond acceptors (Lipinski definition) is 5. The first-order valence-electron chi connectivity index (χ1n) is 11.0. The minimum atomic E-state index is -1.88. The number of alkyl halides is 2. The summed E-state index contributed by atoms with van der Waals surface area (Å²) >= 11 is 0. The first kappa shape index (κ1) is 22.5. The molecule has 2 N–H and O–H groups in total. The van der Waals surface area contributed by atoms with Gasteiger partial charge in [0.15, 0.2) is 5.67 Å². The zero-order chi connectivity index (χ0) is 22.7. The van der Waals surface area contributed by atoms with E-state index in [9.17, 15) is 13.6 Å². The molecule has 0 spiro atoms. The molecule has 0 bridgehead atoms. The van der Waals surface area contributed by atoms with Gasteiger partial charge in [-0.1, -0.05) is 0 Å². The summed E-state index contributed by atoms with van der Waals surface area (Å²) in [4.78, 5) is 24.4. The number of aromatic nitrogens is 2. The van der Waals surface area contributed by atoms with Gasteiger partial charge in [-0.05, 0) is 48.6 Å². The molecular weight excluding hydrogens is 419 g/mol. The molecule has 2 saturated heterocycles. The normalized spacial score (nSPS) is 20.8. The second kappa shape index (κ2) is 9.44. The molecule has 0 aliphatic carbocycles. The number of nitrogens with two attached hydrogens (primary N) is 1. The Balaban J connectivity index is 1.28. The van der Waals surface area contributed by atoms with Gasteiger partial charge < -0.3 is 10.6 Å². The van der Waals surface area contributed by atoms with Crippen LogP contribution in [0.5, 0.6) is 0 Å². The largest absolute Gasteiger partial charge is 0.384 e. The Labute approximate surface area is 185 Å². The Morgan fingerprint density at radius 2 is 1.88 bits per heavy atom. The molecule has 172 valence electrons. The van der Waals surface area contributed by atoms with Gasteiger partial charge in [0.05, 0.1) is 11.9 Å². The lowest BCUT2D eigenvalue weighted by Crippen LogP contribution is -2.54. The lowest BCUT2D eigenvalue weighted by Gasteiger charge is -2.40. The zero-order valence-electron chi connectivity index (χ0n) is 17.9. The van der Waals surface area contributed by atoms with Gasteiger partial charge in [0.25, 0.3) is 5.91 Å². The molecule has 1 unspecified atom stereocenters. The van der Waals surface area contributed by atoms with Crippen LogP contribution in [0.25, 0.3) is 0 Å². The van der Waals surface area contributed by atoms with Crippen LogP contribution in [0.3, 0.4) is 0 Å². The van der Waals surface area contributed by atoms with Crippen LogP contribution >= 0.6 is 0 Å². The van der Waals surface area contributed by atoms with Crippen LogP contribution in [0.15, 0.2) is 36.7 Å². The van der Waals surface area contributed by atoms with E-state index in [1.807, 2.05) is 6.07 Å². The Kier molecular flexibility index (Phi) is 6.64. The number of piperidine rings is 2. The van der Waals surface area contributed by atoms with E-state index in [0.717, 1.165) is 11.8 Å². The van der Waals surface area contributed by atoms with Crippen molar-refractivity contribution in [1.82, 2.24) is 19.8 Å². The standard InChI is InChI=1S/C23H28F3N5O/c24-18-1-2-19(29-14-18)21(25)17-4-9-31(10-5-17)22(32)23(26)6-11-30(12-7-23)15-16-3-8-28-20(27)13-16/h1-3,8,13-14,17,21H,4-7,9-12,15H2,(H2,27,28). The van der Waals surface area contributed by atoms with Crippen molar-refractivity contribution < 1.29 is 18.0 Å². The van der Waals surface area contributed by atoms with Crippen molar-refractivity contribution in [3.63, 3.8) is 0 Å². The third kappa shape index (κ3) is 5.03. The summed E-state index contributed by atoms with van der Waals surface area (Å²) in [6.07, 6.45) is 2.46. The van der Waals surface area contributed by atoms with Gasteiger partial charge in [0, 0.05) is 51.8 Å². The van der Waals surface area contributed by atoms with E-state index in [0.29, 0.717) is 51.4 Å². The molecule has 2 aromatic rings. The number of carbonyl (C=O) groups is 1. The molecule has 0 saturated carbocycles. The summed E-state index contributed by atoms with van der Waals surface area (Å²) in [5, 5.41) is 0. The number of anilines is 1. The molecule has 4 rings (SSSR count). The predicted octanol–water partition coefficient (Wildman–Crippen LogP) is 3.45. The summed E-state index contributed by atoms with van der Waals surface area (Å²) in [6, 6.07) is 6.22. The van der Waals surface area contributed by atoms with Gasteiger partial charge in [-0.15, -0.1) is 0 Å². The molecular formula is C23H28F3N5O. The van der Waals surface area contributed by atoms with Crippen LogP contribution in [-0.4, -0.2) is 57.5 Å². The maximum atomic E-state index is 15.5. The number of carbonyl (C=O) groups excluding carboxylic acids is 1. The molecule has 2 aromatic heterocycles. The molecule has 1 atom stereocenters. The van der Waals surface area contributed by atoms with Gasteiger partial charge in [-0.3, -0.25) is 14.7 Å². The highest BCUT2D eigenvalue weighted by Gasteiger charge is 2.45. The summed E-state index contributed by atoms with van der Waals surface area (Å²) < 4.78 is 43.3. The van der Waals surface area contributed by atoms with Gasteiger partial charge in [0.1, 0.15) is 17.8 Å². The van der Waals surface area contributed by atoms with Gasteiger partial charge in [-0.25, -0.2) is 18.2 Å². The van der Waals surface area contributed by atoms with E-state index < -0.39 is 23.6 Å². The fourth-order valence-corrected chi connectivity index (χ4v) is 4.60. The third-order valence-corrected chi connectivity index (χ3v) is 6.56. The van der Waals surface area contributed by atoms with Gasteiger partial charge in [-0.2, -0.15) is 0 Å². The summed E-state index contributed by atoms with van der Waals surface area (Å²) in [7, 11) is 0. The van der Waals surface area contributed by atoms with Crippen LogP contribution in [0.4, 0.5) is 19.0 Å². The number of halogens is 3.